The molecule has 1 heterocycles. The van der Waals surface area contributed by atoms with Gasteiger partial charge in [-0.2, -0.15) is 15.6 Å². The topological polar surface area (TPSA) is 113 Å². The summed E-state index contributed by atoms with van der Waals surface area (Å²) in [6.07, 6.45) is 2.08. The lowest BCUT2D eigenvalue weighted by atomic mass is 9.98. The van der Waals surface area contributed by atoms with Crippen LogP contribution in [0.3, 0.4) is 0 Å². The molecule has 2 N–H and O–H groups in total. The van der Waals surface area contributed by atoms with E-state index in [2.05, 4.69) is 22.4 Å². The number of nitrogens with one attached hydrogen (secondary N) is 1. The normalized spacial score (nSPS) is 14.5. The predicted molar refractivity (Wildman–Crippen MR) is 86.3 cm³/mol. The Balaban J connectivity index is 2.25. The van der Waals surface area contributed by atoms with Crippen molar-refractivity contribution < 1.29 is 9.90 Å². The van der Waals surface area contributed by atoms with Crippen LogP contribution in [0.4, 0.5) is 11.4 Å². The highest BCUT2D eigenvalue weighted by atomic mass is 16.4. The highest BCUT2D eigenvalue weighted by Gasteiger charge is 2.21. The fourth-order valence-electron chi connectivity index (χ4n) is 2.50. The summed E-state index contributed by atoms with van der Waals surface area (Å²) >= 11 is 0. The lowest BCUT2D eigenvalue weighted by Crippen LogP contribution is -2.33. The van der Waals surface area contributed by atoms with Crippen molar-refractivity contribution in [1.82, 2.24) is 0 Å². The Morgan fingerprint density at radius 2 is 2.00 bits per heavy atom. The minimum Gasteiger partial charge on any atom is -0.478 e. The second-order valence-corrected chi connectivity index (χ2v) is 5.50. The second kappa shape index (κ2) is 7.28. The lowest BCUT2D eigenvalue weighted by molar-refractivity contribution is 0.0697. The molecular weight excluding hydrogens is 294 g/mol. The van der Waals surface area contributed by atoms with Gasteiger partial charge >= 0.3 is 5.97 Å². The summed E-state index contributed by atoms with van der Waals surface area (Å²) in [5, 5.41) is 30.3. The monoisotopic (exact) mass is 311 g/mol. The fourth-order valence-corrected chi connectivity index (χ4v) is 2.50. The van der Waals surface area contributed by atoms with Crippen molar-refractivity contribution in [3.63, 3.8) is 0 Å². The van der Waals surface area contributed by atoms with Crippen LogP contribution in [0.15, 0.2) is 23.3 Å². The first kappa shape index (κ1) is 16.3. The van der Waals surface area contributed by atoms with Crippen molar-refractivity contribution in [2.75, 3.05) is 23.4 Å². The lowest BCUT2D eigenvalue weighted by Gasteiger charge is -2.33. The van der Waals surface area contributed by atoms with Crippen LogP contribution in [0, 0.1) is 28.6 Å². The van der Waals surface area contributed by atoms with Crippen molar-refractivity contribution >= 4 is 23.1 Å². The smallest absolute Gasteiger partial charge is 0.337 e. The van der Waals surface area contributed by atoms with E-state index in [4.69, 9.17) is 10.5 Å². The molecule has 1 saturated heterocycles. The zero-order valence-corrected chi connectivity index (χ0v) is 12.8. The Morgan fingerprint density at radius 3 is 2.57 bits per heavy atom. The quantitative estimate of drug-likeness (QED) is 0.652. The van der Waals surface area contributed by atoms with Gasteiger partial charge in [-0.15, -0.1) is 0 Å². The van der Waals surface area contributed by atoms with E-state index in [1.807, 2.05) is 0 Å². The van der Waals surface area contributed by atoms with Crippen LogP contribution in [0.5, 0.6) is 0 Å². The van der Waals surface area contributed by atoms with Crippen LogP contribution in [0.1, 0.15) is 30.1 Å². The molecule has 7 nitrogen and oxygen atoms in total. The SMILES string of the molecule is CC1CCN(c2ccc(NN=C(C#N)C#N)cc2C(=O)O)CC1. The number of carboxylic acid groups (broad SMARTS) is 1. The van der Waals surface area contributed by atoms with Crippen LogP contribution in [0.25, 0.3) is 0 Å². The fraction of sp³-hybridized carbons (Fsp3) is 0.375. The predicted octanol–water partition coefficient (Wildman–Crippen LogP) is 2.44. The van der Waals surface area contributed by atoms with Gasteiger partial charge in [-0.05, 0) is 37.0 Å². The number of hydrogen-bond acceptors (Lipinski definition) is 6. The van der Waals surface area contributed by atoms with Crippen molar-refractivity contribution in [2.45, 2.75) is 19.8 Å². The maximum Gasteiger partial charge on any atom is 0.337 e. The van der Waals surface area contributed by atoms with Gasteiger partial charge in [0.05, 0.1) is 16.9 Å². The summed E-state index contributed by atoms with van der Waals surface area (Å²) in [6.45, 7) is 3.86. The number of hydrogen-bond donors (Lipinski definition) is 2. The zero-order valence-electron chi connectivity index (χ0n) is 12.8. The number of nitrogens with zero attached hydrogens (tertiary/aromatic N) is 4. The van der Waals surface area contributed by atoms with Gasteiger partial charge in [-0.25, -0.2) is 4.79 Å². The average molecular weight is 311 g/mol. The third-order valence-electron chi connectivity index (χ3n) is 3.86. The molecule has 2 rings (SSSR count). The Morgan fingerprint density at radius 1 is 1.35 bits per heavy atom. The maximum atomic E-state index is 11.5. The number of benzene rings is 1. The first-order valence-electron chi connectivity index (χ1n) is 7.31. The number of nitriles is 2. The van der Waals surface area contributed by atoms with Crippen molar-refractivity contribution in [3.8, 4) is 12.1 Å². The standard InChI is InChI=1S/C16H17N5O2/c1-11-4-6-21(7-5-11)15-3-2-12(8-14(15)16(22)23)19-20-13(9-17)10-18/h2-3,8,11,19H,4-7H2,1H3,(H,22,23). The van der Waals surface area contributed by atoms with E-state index in [9.17, 15) is 9.90 Å². The molecule has 0 amide bonds. The van der Waals surface area contributed by atoms with E-state index in [0.717, 1.165) is 25.9 Å². The van der Waals surface area contributed by atoms with Gasteiger partial charge in [-0.1, -0.05) is 6.92 Å². The molecule has 1 aromatic carbocycles. The van der Waals surface area contributed by atoms with E-state index >= 15 is 0 Å². The molecule has 118 valence electrons. The minimum absolute atomic E-state index is 0.176. The second-order valence-electron chi connectivity index (χ2n) is 5.50. The Labute approximate surface area is 134 Å². The molecule has 0 atom stereocenters. The largest absolute Gasteiger partial charge is 0.478 e. The molecule has 7 heteroatoms. The average Bonchev–Trinajstić information content (AvgIpc) is 2.56. The number of anilines is 2. The molecule has 0 spiro atoms. The van der Waals surface area contributed by atoms with Gasteiger partial charge in [0.25, 0.3) is 0 Å². The number of hydrazone groups is 1. The Hall–Kier alpha value is -3.06. The molecule has 0 unspecified atom stereocenters. The van der Waals surface area contributed by atoms with Gasteiger partial charge in [0.2, 0.25) is 5.71 Å². The third-order valence-corrected chi connectivity index (χ3v) is 3.86. The van der Waals surface area contributed by atoms with E-state index < -0.39 is 5.97 Å². The van der Waals surface area contributed by atoms with Gasteiger partial charge < -0.3 is 10.0 Å². The van der Waals surface area contributed by atoms with Gasteiger partial charge in [0.1, 0.15) is 12.1 Å². The van der Waals surface area contributed by atoms with E-state index in [-0.39, 0.29) is 11.3 Å². The van der Waals surface area contributed by atoms with Crippen LogP contribution in [0.2, 0.25) is 0 Å². The molecule has 0 bridgehead atoms. The van der Waals surface area contributed by atoms with Crippen molar-refractivity contribution in [3.05, 3.63) is 23.8 Å². The molecular formula is C16H17N5O2. The maximum absolute atomic E-state index is 11.5. The minimum atomic E-state index is -1.02. The molecule has 0 radical (unpaired) electrons. The molecule has 1 aliphatic heterocycles. The van der Waals surface area contributed by atoms with E-state index in [0.29, 0.717) is 17.3 Å². The molecule has 0 aliphatic carbocycles. The molecule has 0 saturated carbocycles. The summed E-state index contributed by atoms with van der Waals surface area (Å²) in [7, 11) is 0. The van der Waals surface area contributed by atoms with Crippen LogP contribution in [-0.4, -0.2) is 29.9 Å². The number of piperidine rings is 1. The van der Waals surface area contributed by atoms with E-state index in [1.54, 1.807) is 24.3 Å². The van der Waals surface area contributed by atoms with Crippen molar-refractivity contribution in [2.24, 2.45) is 11.0 Å². The number of rotatable bonds is 4. The van der Waals surface area contributed by atoms with Crippen LogP contribution < -0.4 is 10.3 Å². The van der Waals surface area contributed by atoms with Gasteiger partial charge in [0.15, 0.2) is 0 Å². The first-order valence-corrected chi connectivity index (χ1v) is 7.31. The zero-order chi connectivity index (χ0) is 16.8. The van der Waals surface area contributed by atoms with Crippen LogP contribution in [-0.2, 0) is 0 Å². The molecule has 0 aromatic heterocycles. The summed E-state index contributed by atoms with van der Waals surface area (Å²) in [6, 6.07) is 8.14. The summed E-state index contributed by atoms with van der Waals surface area (Å²) in [5.74, 6) is -0.364. The number of carbonyl (C=O) groups is 1. The van der Waals surface area contributed by atoms with E-state index in [1.165, 1.54) is 6.07 Å². The number of carboxylic acids is 1. The first-order chi connectivity index (χ1) is 11.0. The third kappa shape index (κ3) is 3.98. The van der Waals surface area contributed by atoms with Crippen LogP contribution >= 0.6 is 0 Å². The Bertz CT molecular complexity index is 690. The van der Waals surface area contributed by atoms with Crippen molar-refractivity contribution in [1.29, 1.82) is 10.5 Å². The highest BCUT2D eigenvalue weighted by Crippen LogP contribution is 2.28. The molecule has 1 fully saturated rings. The molecule has 1 aliphatic rings. The summed E-state index contributed by atoms with van der Waals surface area (Å²) < 4.78 is 0. The summed E-state index contributed by atoms with van der Waals surface area (Å²) in [4.78, 5) is 13.6. The molecule has 1 aromatic rings. The van der Waals surface area contributed by atoms with Gasteiger partial charge in [-0.3, -0.25) is 5.43 Å². The highest BCUT2D eigenvalue weighted by molar-refractivity contribution is 6.10. The summed E-state index contributed by atoms with van der Waals surface area (Å²) in [5.41, 5.74) is 3.49. The number of aromatic carboxylic acids is 1. The molecule has 23 heavy (non-hydrogen) atoms. The Kier molecular flexibility index (Phi) is 5.16. The van der Waals surface area contributed by atoms with Gasteiger partial charge in [0, 0.05) is 13.1 Å².